The molecule has 21 heavy (non-hydrogen) atoms. The van der Waals surface area contributed by atoms with Gasteiger partial charge in [-0.2, -0.15) is 0 Å². The van der Waals surface area contributed by atoms with Gasteiger partial charge in [-0.05, 0) is 26.0 Å². The molecule has 5 nitrogen and oxygen atoms in total. The molecular formula is C14H15Cl2N3O2. The topological polar surface area (TPSA) is 66.9 Å². The second kappa shape index (κ2) is 6.37. The van der Waals surface area contributed by atoms with E-state index in [1.807, 2.05) is 13.8 Å². The molecule has 0 saturated heterocycles. The molecule has 0 unspecified atom stereocenters. The number of benzene rings is 1. The van der Waals surface area contributed by atoms with Gasteiger partial charge in [0.1, 0.15) is 0 Å². The highest BCUT2D eigenvalue weighted by molar-refractivity contribution is 6.43. The number of carbonyl (C=O) groups is 1. The Kier molecular flexibility index (Phi) is 4.75. The van der Waals surface area contributed by atoms with E-state index in [9.17, 15) is 9.59 Å². The van der Waals surface area contributed by atoms with E-state index in [4.69, 9.17) is 23.2 Å². The highest BCUT2D eigenvalue weighted by atomic mass is 35.5. The van der Waals surface area contributed by atoms with Crippen LogP contribution in [0.25, 0.3) is 0 Å². The predicted octanol–water partition coefficient (Wildman–Crippen LogP) is 3.13. The number of hydrogen-bond donors (Lipinski definition) is 2. The molecule has 1 amide bonds. The van der Waals surface area contributed by atoms with Crippen LogP contribution in [0.3, 0.4) is 0 Å². The van der Waals surface area contributed by atoms with Crippen LogP contribution in [0, 0.1) is 13.8 Å². The molecule has 0 aliphatic heterocycles. The average molecular weight is 328 g/mol. The first-order chi connectivity index (χ1) is 9.90. The van der Waals surface area contributed by atoms with Gasteiger partial charge in [-0.3, -0.25) is 9.36 Å². The lowest BCUT2D eigenvalue weighted by molar-refractivity contribution is -0.116. The Bertz CT molecular complexity index is 734. The number of imidazole rings is 1. The second-order valence-electron chi connectivity index (χ2n) is 4.69. The van der Waals surface area contributed by atoms with Crippen LogP contribution in [-0.2, 0) is 11.3 Å². The van der Waals surface area contributed by atoms with Crippen molar-refractivity contribution in [2.45, 2.75) is 26.8 Å². The van der Waals surface area contributed by atoms with Crippen LogP contribution in [0.15, 0.2) is 23.0 Å². The van der Waals surface area contributed by atoms with Gasteiger partial charge >= 0.3 is 5.69 Å². The summed E-state index contributed by atoms with van der Waals surface area (Å²) in [7, 11) is 0. The first-order valence-electron chi connectivity index (χ1n) is 6.40. The number of anilines is 1. The molecule has 0 saturated carbocycles. The minimum Gasteiger partial charge on any atom is -0.325 e. The standard InChI is InChI=1S/C14H15Cl2N3O2/c1-8-9(2)19(14(21)17-8)7-6-12(20)18-11-5-3-4-10(15)13(11)16/h3-5H,6-7H2,1-2H3,(H,17,21)(H,18,20). The molecule has 0 aliphatic rings. The third-order valence-electron chi connectivity index (χ3n) is 3.28. The largest absolute Gasteiger partial charge is 0.325 e. The molecule has 7 heteroatoms. The van der Waals surface area contributed by atoms with E-state index in [0.717, 1.165) is 11.4 Å². The Balaban J connectivity index is 2.03. The molecule has 2 N–H and O–H groups in total. The fourth-order valence-corrected chi connectivity index (χ4v) is 2.32. The van der Waals surface area contributed by atoms with Gasteiger partial charge in [-0.15, -0.1) is 0 Å². The zero-order valence-corrected chi connectivity index (χ0v) is 13.2. The van der Waals surface area contributed by atoms with Crippen molar-refractivity contribution in [1.82, 2.24) is 9.55 Å². The summed E-state index contributed by atoms with van der Waals surface area (Å²) in [5.74, 6) is -0.232. The number of aromatic nitrogens is 2. The average Bonchev–Trinajstić information content (AvgIpc) is 2.67. The van der Waals surface area contributed by atoms with Gasteiger partial charge in [0.2, 0.25) is 5.91 Å². The van der Waals surface area contributed by atoms with Gasteiger partial charge in [0.15, 0.2) is 0 Å². The van der Waals surface area contributed by atoms with E-state index in [0.29, 0.717) is 22.3 Å². The molecule has 0 atom stereocenters. The Morgan fingerprint density at radius 1 is 1.33 bits per heavy atom. The molecular weight excluding hydrogens is 313 g/mol. The Labute approximate surface area is 131 Å². The number of nitrogens with one attached hydrogen (secondary N) is 2. The highest BCUT2D eigenvalue weighted by Crippen LogP contribution is 2.29. The number of hydrogen-bond acceptors (Lipinski definition) is 2. The molecule has 0 spiro atoms. The van der Waals surface area contributed by atoms with Gasteiger partial charge in [0, 0.05) is 24.4 Å². The summed E-state index contributed by atoms with van der Waals surface area (Å²) in [5, 5.41) is 3.37. The minimum atomic E-state index is -0.232. The first kappa shape index (κ1) is 15.7. The van der Waals surface area contributed by atoms with Crippen molar-refractivity contribution >= 4 is 34.8 Å². The van der Waals surface area contributed by atoms with Crippen molar-refractivity contribution in [3.8, 4) is 0 Å². The molecule has 0 fully saturated rings. The molecule has 1 heterocycles. The minimum absolute atomic E-state index is 0.168. The number of amides is 1. The third-order valence-corrected chi connectivity index (χ3v) is 4.09. The molecule has 112 valence electrons. The lowest BCUT2D eigenvalue weighted by atomic mass is 10.3. The molecule has 0 aliphatic carbocycles. The van der Waals surface area contributed by atoms with Crippen molar-refractivity contribution in [2.75, 3.05) is 5.32 Å². The monoisotopic (exact) mass is 327 g/mol. The van der Waals surface area contributed by atoms with Crippen molar-refractivity contribution in [3.05, 3.63) is 50.1 Å². The van der Waals surface area contributed by atoms with Gasteiger partial charge in [0.05, 0.1) is 15.7 Å². The smallest absolute Gasteiger partial charge is 0.325 e. The normalized spacial score (nSPS) is 10.7. The van der Waals surface area contributed by atoms with Crippen LogP contribution < -0.4 is 11.0 Å². The summed E-state index contributed by atoms with van der Waals surface area (Å²) in [6.45, 7) is 3.96. The SMILES string of the molecule is Cc1[nH]c(=O)n(CCC(=O)Nc2cccc(Cl)c2Cl)c1C. The maximum Gasteiger partial charge on any atom is 0.325 e. The fraction of sp³-hybridized carbons (Fsp3) is 0.286. The third kappa shape index (κ3) is 3.49. The second-order valence-corrected chi connectivity index (χ2v) is 5.48. The lowest BCUT2D eigenvalue weighted by Gasteiger charge is -2.09. The van der Waals surface area contributed by atoms with Crippen molar-refractivity contribution < 1.29 is 4.79 Å². The lowest BCUT2D eigenvalue weighted by Crippen LogP contribution is -2.22. The van der Waals surface area contributed by atoms with Crippen LogP contribution in [0.2, 0.25) is 10.0 Å². The fourth-order valence-electron chi connectivity index (χ4n) is 1.97. The van der Waals surface area contributed by atoms with Gasteiger partial charge in [0.25, 0.3) is 0 Å². The summed E-state index contributed by atoms with van der Waals surface area (Å²) in [6.07, 6.45) is 0.168. The van der Waals surface area contributed by atoms with Crippen molar-refractivity contribution in [2.24, 2.45) is 0 Å². The summed E-state index contributed by atoms with van der Waals surface area (Å²) in [6, 6.07) is 5.02. The Hall–Kier alpha value is -1.72. The Morgan fingerprint density at radius 2 is 2.05 bits per heavy atom. The molecule has 2 rings (SSSR count). The number of H-pyrrole nitrogens is 1. The van der Waals surface area contributed by atoms with Crippen LogP contribution in [-0.4, -0.2) is 15.5 Å². The van der Waals surface area contributed by atoms with Gasteiger partial charge in [-0.1, -0.05) is 29.3 Å². The maximum absolute atomic E-state index is 11.9. The summed E-state index contributed by atoms with van der Waals surface area (Å²) >= 11 is 11.9. The highest BCUT2D eigenvalue weighted by Gasteiger charge is 2.11. The number of nitrogens with zero attached hydrogens (tertiary/aromatic N) is 1. The number of carbonyl (C=O) groups excluding carboxylic acids is 1. The van der Waals surface area contributed by atoms with Crippen LogP contribution in [0.1, 0.15) is 17.8 Å². The van der Waals surface area contributed by atoms with E-state index in [1.165, 1.54) is 4.57 Å². The number of aryl methyl sites for hydroxylation is 1. The molecule has 1 aromatic heterocycles. The summed E-state index contributed by atoms with van der Waals surface area (Å²) in [4.78, 5) is 26.3. The van der Waals surface area contributed by atoms with Gasteiger partial charge < -0.3 is 10.3 Å². The predicted molar refractivity (Wildman–Crippen MR) is 84.2 cm³/mol. The van der Waals surface area contributed by atoms with E-state index < -0.39 is 0 Å². The van der Waals surface area contributed by atoms with E-state index in [2.05, 4.69) is 10.3 Å². The number of halogens is 2. The van der Waals surface area contributed by atoms with Crippen LogP contribution in [0.5, 0.6) is 0 Å². The summed E-state index contributed by atoms with van der Waals surface area (Å²) < 4.78 is 1.54. The zero-order chi connectivity index (χ0) is 15.6. The molecule has 0 radical (unpaired) electrons. The molecule has 2 aromatic rings. The molecule has 0 bridgehead atoms. The first-order valence-corrected chi connectivity index (χ1v) is 7.15. The Morgan fingerprint density at radius 3 is 2.67 bits per heavy atom. The van der Waals surface area contributed by atoms with Crippen LogP contribution >= 0.6 is 23.2 Å². The van der Waals surface area contributed by atoms with Crippen molar-refractivity contribution in [3.63, 3.8) is 0 Å². The summed E-state index contributed by atoms with van der Waals surface area (Å²) in [5.41, 5.74) is 1.88. The number of aromatic amines is 1. The maximum atomic E-state index is 11.9. The van der Waals surface area contributed by atoms with E-state index >= 15 is 0 Å². The van der Waals surface area contributed by atoms with Crippen LogP contribution in [0.4, 0.5) is 5.69 Å². The zero-order valence-electron chi connectivity index (χ0n) is 11.7. The number of rotatable bonds is 4. The molecule has 1 aromatic carbocycles. The van der Waals surface area contributed by atoms with E-state index in [1.54, 1.807) is 18.2 Å². The van der Waals surface area contributed by atoms with Crippen molar-refractivity contribution in [1.29, 1.82) is 0 Å². The van der Waals surface area contributed by atoms with Gasteiger partial charge in [-0.25, -0.2) is 4.79 Å². The quantitative estimate of drug-likeness (QED) is 0.905. The van der Waals surface area contributed by atoms with E-state index in [-0.39, 0.29) is 18.0 Å².